The third kappa shape index (κ3) is 7.18. The number of hydrogen-bond acceptors (Lipinski definition) is 4. The van der Waals surface area contributed by atoms with E-state index < -0.39 is 0 Å². The van der Waals surface area contributed by atoms with Crippen molar-refractivity contribution in [1.82, 2.24) is 19.9 Å². The van der Waals surface area contributed by atoms with Crippen LogP contribution in [0, 0.1) is 0 Å². The van der Waals surface area contributed by atoms with E-state index in [9.17, 15) is 0 Å². The molecule has 0 bridgehead atoms. The molecule has 48 heavy (non-hydrogen) atoms. The zero-order chi connectivity index (χ0) is 32.4. The maximum Gasteiger partial charge on any atom is 0.123 e. The number of aromatic amines is 4. The average molecular weight is 639 g/mol. The van der Waals surface area contributed by atoms with Gasteiger partial charge in [0, 0.05) is 58.7 Å². The lowest BCUT2D eigenvalue weighted by Crippen LogP contribution is -2.12. The van der Waals surface area contributed by atoms with Gasteiger partial charge in [0.2, 0.25) is 0 Å². The highest BCUT2D eigenvalue weighted by molar-refractivity contribution is 5.47. The second kappa shape index (κ2) is 15.0. The van der Waals surface area contributed by atoms with Crippen LogP contribution in [0.25, 0.3) is 0 Å². The Morgan fingerprint density at radius 2 is 0.688 bits per heavy atom. The SMILES string of the molecule is c1c[nH]c(C(c2ccc[nH]2)c2ccccc2OCCOc2ccc(OCCOc3ccccc3C(c3ccc[nH]3)c3ccc[nH]3)cc2)c1. The molecule has 0 unspecified atom stereocenters. The summed E-state index contributed by atoms with van der Waals surface area (Å²) in [4.78, 5) is 13.5. The van der Waals surface area contributed by atoms with E-state index in [0.717, 1.165) is 56.9 Å². The molecule has 4 N–H and O–H groups in total. The number of ether oxygens (including phenoxy) is 4. The van der Waals surface area contributed by atoms with E-state index in [1.165, 1.54) is 0 Å². The van der Waals surface area contributed by atoms with Crippen molar-refractivity contribution >= 4 is 0 Å². The Kier molecular flexibility index (Phi) is 9.60. The maximum absolute atomic E-state index is 6.23. The fraction of sp³-hybridized carbons (Fsp3) is 0.150. The highest BCUT2D eigenvalue weighted by Crippen LogP contribution is 2.37. The molecular formula is C40H38N4O4. The molecule has 3 aromatic carbocycles. The summed E-state index contributed by atoms with van der Waals surface area (Å²) in [7, 11) is 0. The number of benzene rings is 3. The summed E-state index contributed by atoms with van der Waals surface area (Å²) in [6.07, 6.45) is 7.77. The quantitative estimate of drug-likeness (QED) is 0.0801. The fourth-order valence-corrected chi connectivity index (χ4v) is 6.06. The highest BCUT2D eigenvalue weighted by Gasteiger charge is 2.23. The standard InChI is InChI=1S/C40H38N4O4/c1-3-15-37(31(9-1)39(33-11-5-21-41-33)34-12-6-22-42-34)47-27-25-45-29-17-19-30(20-18-29)46-26-28-48-38-16-4-2-10-32(38)40(35-13-7-23-43-35)36-14-8-24-44-36/h1-24,39-44H,25-28H2. The van der Waals surface area contributed by atoms with Crippen molar-refractivity contribution < 1.29 is 18.9 Å². The van der Waals surface area contributed by atoms with Crippen LogP contribution in [-0.2, 0) is 0 Å². The largest absolute Gasteiger partial charge is 0.490 e. The molecule has 242 valence electrons. The van der Waals surface area contributed by atoms with Gasteiger partial charge in [0.05, 0.1) is 11.8 Å². The number of para-hydroxylation sites is 2. The van der Waals surface area contributed by atoms with Gasteiger partial charge in [-0.2, -0.15) is 0 Å². The summed E-state index contributed by atoms with van der Waals surface area (Å²) in [6, 6.07) is 40.3. The van der Waals surface area contributed by atoms with E-state index in [4.69, 9.17) is 18.9 Å². The molecule has 0 saturated heterocycles. The van der Waals surface area contributed by atoms with Gasteiger partial charge < -0.3 is 38.9 Å². The van der Waals surface area contributed by atoms with Gasteiger partial charge in [-0.3, -0.25) is 0 Å². The lowest BCUT2D eigenvalue weighted by Gasteiger charge is -2.19. The monoisotopic (exact) mass is 638 g/mol. The number of rotatable bonds is 16. The van der Waals surface area contributed by atoms with Gasteiger partial charge in [-0.05, 0) is 84.9 Å². The summed E-state index contributed by atoms with van der Waals surface area (Å²) in [5.74, 6) is 3.16. The van der Waals surface area contributed by atoms with Crippen molar-refractivity contribution in [3.8, 4) is 23.0 Å². The van der Waals surface area contributed by atoms with Gasteiger partial charge in [-0.1, -0.05) is 36.4 Å². The third-order valence-electron chi connectivity index (χ3n) is 8.24. The van der Waals surface area contributed by atoms with E-state index in [-0.39, 0.29) is 11.8 Å². The predicted octanol–water partition coefficient (Wildman–Crippen LogP) is 8.28. The molecule has 8 heteroatoms. The summed E-state index contributed by atoms with van der Waals surface area (Å²) >= 11 is 0. The fourth-order valence-electron chi connectivity index (χ4n) is 6.06. The van der Waals surface area contributed by atoms with Crippen molar-refractivity contribution in [2.24, 2.45) is 0 Å². The first kappa shape index (κ1) is 30.6. The maximum atomic E-state index is 6.23. The van der Waals surface area contributed by atoms with Crippen LogP contribution >= 0.6 is 0 Å². The zero-order valence-corrected chi connectivity index (χ0v) is 26.5. The Morgan fingerprint density at radius 3 is 1.02 bits per heavy atom. The van der Waals surface area contributed by atoms with Gasteiger partial charge in [0.1, 0.15) is 49.4 Å². The van der Waals surface area contributed by atoms with E-state index >= 15 is 0 Å². The molecule has 0 saturated carbocycles. The summed E-state index contributed by atoms with van der Waals surface area (Å²) in [6.45, 7) is 1.63. The highest BCUT2D eigenvalue weighted by atomic mass is 16.5. The zero-order valence-electron chi connectivity index (χ0n) is 26.5. The molecule has 0 aliphatic rings. The lowest BCUT2D eigenvalue weighted by molar-refractivity contribution is 0.212. The molecule has 0 amide bonds. The molecule has 4 heterocycles. The minimum Gasteiger partial charge on any atom is -0.490 e. The molecular weight excluding hydrogens is 600 g/mol. The second-order valence-corrected chi connectivity index (χ2v) is 11.3. The number of nitrogens with one attached hydrogen (secondary N) is 4. The van der Waals surface area contributed by atoms with Gasteiger partial charge in [0.25, 0.3) is 0 Å². The molecule has 0 radical (unpaired) electrons. The molecule has 0 aliphatic heterocycles. The van der Waals surface area contributed by atoms with Crippen molar-refractivity contribution in [2.45, 2.75) is 11.8 Å². The molecule has 8 nitrogen and oxygen atoms in total. The number of H-pyrrole nitrogens is 4. The van der Waals surface area contributed by atoms with Crippen LogP contribution in [0.3, 0.4) is 0 Å². The molecule has 7 aromatic rings. The van der Waals surface area contributed by atoms with Crippen molar-refractivity contribution in [3.63, 3.8) is 0 Å². The van der Waals surface area contributed by atoms with Crippen LogP contribution in [0.1, 0.15) is 45.7 Å². The Bertz CT molecular complexity index is 1720. The average Bonchev–Trinajstić information content (AvgIpc) is 3.97. The van der Waals surface area contributed by atoms with Crippen molar-refractivity contribution in [3.05, 3.63) is 180 Å². The summed E-state index contributed by atoms with van der Waals surface area (Å²) < 4.78 is 24.4. The third-order valence-corrected chi connectivity index (χ3v) is 8.24. The molecule has 0 aliphatic carbocycles. The molecule has 4 aromatic heterocycles. The Morgan fingerprint density at radius 1 is 0.354 bits per heavy atom. The van der Waals surface area contributed by atoms with E-state index in [2.05, 4.69) is 56.3 Å². The van der Waals surface area contributed by atoms with E-state index in [1.807, 2.05) is 110 Å². The van der Waals surface area contributed by atoms with E-state index in [0.29, 0.717) is 26.4 Å². The molecule has 0 spiro atoms. The first-order chi connectivity index (χ1) is 23.8. The summed E-state index contributed by atoms with van der Waals surface area (Å²) in [5, 5.41) is 0. The molecule has 7 rings (SSSR count). The Labute approximate surface area is 279 Å². The van der Waals surface area contributed by atoms with Gasteiger partial charge in [-0.15, -0.1) is 0 Å². The van der Waals surface area contributed by atoms with Gasteiger partial charge in [-0.25, -0.2) is 0 Å². The van der Waals surface area contributed by atoms with E-state index in [1.54, 1.807) is 0 Å². The van der Waals surface area contributed by atoms with Crippen molar-refractivity contribution in [1.29, 1.82) is 0 Å². The van der Waals surface area contributed by atoms with Crippen LogP contribution in [0.4, 0.5) is 0 Å². The first-order valence-electron chi connectivity index (χ1n) is 16.2. The van der Waals surface area contributed by atoms with Gasteiger partial charge in [0.15, 0.2) is 0 Å². The molecule has 0 atom stereocenters. The number of aromatic nitrogens is 4. The van der Waals surface area contributed by atoms with Crippen LogP contribution in [0.5, 0.6) is 23.0 Å². The predicted molar refractivity (Wildman–Crippen MR) is 186 cm³/mol. The minimum atomic E-state index is 0.00516. The minimum absolute atomic E-state index is 0.00516. The number of hydrogen-bond donors (Lipinski definition) is 4. The second-order valence-electron chi connectivity index (χ2n) is 11.3. The topological polar surface area (TPSA) is 100 Å². The van der Waals surface area contributed by atoms with Crippen LogP contribution < -0.4 is 18.9 Å². The van der Waals surface area contributed by atoms with Crippen molar-refractivity contribution in [2.75, 3.05) is 26.4 Å². The van der Waals surface area contributed by atoms with Crippen LogP contribution in [0.15, 0.2) is 146 Å². The Hall–Kier alpha value is -6.02. The lowest BCUT2D eigenvalue weighted by atomic mass is 9.92. The summed E-state index contributed by atoms with van der Waals surface area (Å²) in [5.41, 5.74) is 6.54. The van der Waals surface area contributed by atoms with Gasteiger partial charge >= 0.3 is 0 Å². The van der Waals surface area contributed by atoms with Crippen LogP contribution in [0.2, 0.25) is 0 Å². The molecule has 0 fully saturated rings. The first-order valence-corrected chi connectivity index (χ1v) is 16.2. The van der Waals surface area contributed by atoms with Crippen LogP contribution in [-0.4, -0.2) is 46.4 Å². The smallest absolute Gasteiger partial charge is 0.123 e. The normalized spacial score (nSPS) is 11.2. The Balaban J connectivity index is 0.897.